The van der Waals surface area contributed by atoms with E-state index in [0.29, 0.717) is 32.3 Å². The Balaban J connectivity index is 1.55. The van der Waals surface area contributed by atoms with Crippen molar-refractivity contribution in [2.75, 3.05) is 0 Å². The first-order valence-electron chi connectivity index (χ1n) is 16.4. The van der Waals surface area contributed by atoms with Gasteiger partial charge in [-0.3, -0.25) is 18.4 Å². The molecular weight excluding hydrogens is 661 g/mol. The predicted octanol–water partition coefficient (Wildman–Crippen LogP) is 10.4. The van der Waals surface area contributed by atoms with E-state index in [2.05, 4.69) is 24.3 Å². The molecule has 6 rings (SSSR count). The number of fused-ring (bicyclic) bond motifs is 2. The summed E-state index contributed by atoms with van der Waals surface area (Å²) >= 11 is 0. The fraction of sp³-hybridized carbons (Fsp3) is 0.190. The molecule has 0 saturated carbocycles. The standard InChI is InChI=1S/C42H40N2O4S2/c1-41(2,3)49(47)35-19-11-15-29(39(35)45)25-43-33-23-21-27-13-7-9-17-31(27)37(33)38-32-18-10-8-14-28(32)22-24-34(38)44-26-30-16-12-20-36(40(30)46)50(48)42(4,5)6/h7-26,45-46H,1-6H3/t49-,50-/m0/s1. The number of benzene rings is 6. The summed E-state index contributed by atoms with van der Waals surface area (Å²) in [5.41, 5.74) is 3.93. The quantitative estimate of drug-likeness (QED) is 0.162. The molecule has 2 atom stereocenters. The Bertz CT molecular complexity index is 2200. The average Bonchev–Trinajstić information content (AvgIpc) is 3.09. The number of rotatable bonds is 7. The molecule has 0 bridgehead atoms. The normalized spacial score (nSPS) is 13.8. The maximum Gasteiger partial charge on any atom is 0.140 e. The molecule has 0 aromatic heterocycles. The molecule has 6 nitrogen and oxygen atoms in total. The van der Waals surface area contributed by atoms with Crippen LogP contribution in [0.4, 0.5) is 11.4 Å². The Kier molecular flexibility index (Phi) is 9.62. The van der Waals surface area contributed by atoms with Gasteiger partial charge >= 0.3 is 0 Å². The highest BCUT2D eigenvalue weighted by molar-refractivity contribution is 7.86. The van der Waals surface area contributed by atoms with Gasteiger partial charge in [0.25, 0.3) is 0 Å². The molecule has 2 N–H and O–H groups in total. The van der Waals surface area contributed by atoms with Crippen molar-refractivity contribution in [1.82, 2.24) is 0 Å². The molecule has 0 fully saturated rings. The van der Waals surface area contributed by atoms with E-state index in [-0.39, 0.29) is 11.5 Å². The van der Waals surface area contributed by atoms with E-state index in [0.717, 1.165) is 32.7 Å². The fourth-order valence-electron chi connectivity index (χ4n) is 5.78. The van der Waals surface area contributed by atoms with Crippen LogP contribution in [0.3, 0.4) is 0 Å². The van der Waals surface area contributed by atoms with Crippen molar-refractivity contribution < 1.29 is 18.6 Å². The molecule has 6 aromatic carbocycles. The van der Waals surface area contributed by atoms with Gasteiger partial charge in [-0.1, -0.05) is 72.8 Å². The number of para-hydroxylation sites is 2. The van der Waals surface area contributed by atoms with Crippen LogP contribution in [0.1, 0.15) is 52.7 Å². The molecule has 0 spiro atoms. The van der Waals surface area contributed by atoms with Crippen molar-refractivity contribution >= 4 is 66.9 Å². The highest BCUT2D eigenvalue weighted by Gasteiger charge is 2.26. The van der Waals surface area contributed by atoms with Crippen LogP contribution in [0, 0.1) is 0 Å². The molecule has 254 valence electrons. The van der Waals surface area contributed by atoms with Crippen molar-refractivity contribution in [3.05, 3.63) is 120 Å². The van der Waals surface area contributed by atoms with Crippen LogP contribution in [0.25, 0.3) is 32.7 Å². The predicted molar refractivity (Wildman–Crippen MR) is 210 cm³/mol. The first-order valence-corrected chi connectivity index (χ1v) is 18.7. The fourth-order valence-corrected chi connectivity index (χ4v) is 8.10. The van der Waals surface area contributed by atoms with Gasteiger partial charge in [0.1, 0.15) is 11.5 Å². The van der Waals surface area contributed by atoms with E-state index in [9.17, 15) is 18.6 Å². The summed E-state index contributed by atoms with van der Waals surface area (Å²) in [5, 5.41) is 26.4. The topological polar surface area (TPSA) is 99.3 Å². The first kappa shape index (κ1) is 34.9. The Labute approximate surface area is 298 Å². The summed E-state index contributed by atoms with van der Waals surface area (Å²) in [4.78, 5) is 10.6. The van der Waals surface area contributed by atoms with Gasteiger partial charge in [0.2, 0.25) is 0 Å². The second-order valence-electron chi connectivity index (χ2n) is 14.0. The van der Waals surface area contributed by atoms with Crippen molar-refractivity contribution in [2.45, 2.75) is 60.8 Å². The summed E-state index contributed by atoms with van der Waals surface area (Å²) in [6, 6.07) is 34.6. The lowest BCUT2D eigenvalue weighted by Gasteiger charge is -2.19. The van der Waals surface area contributed by atoms with Crippen molar-refractivity contribution in [1.29, 1.82) is 0 Å². The van der Waals surface area contributed by atoms with Crippen molar-refractivity contribution in [3.63, 3.8) is 0 Å². The molecule has 0 saturated heterocycles. The molecule has 0 radical (unpaired) electrons. The molecule has 0 amide bonds. The number of nitrogens with zero attached hydrogens (tertiary/aromatic N) is 2. The molecule has 0 aliphatic carbocycles. The van der Waals surface area contributed by atoms with Crippen LogP contribution in [-0.2, 0) is 21.6 Å². The van der Waals surface area contributed by atoms with Gasteiger partial charge in [0, 0.05) is 44.2 Å². The Morgan fingerprint density at radius 2 is 0.880 bits per heavy atom. The smallest absolute Gasteiger partial charge is 0.140 e. The minimum absolute atomic E-state index is 0.0586. The number of phenols is 2. The van der Waals surface area contributed by atoms with E-state index in [1.807, 2.05) is 90.1 Å². The second-order valence-corrected chi connectivity index (χ2v) is 18.4. The largest absolute Gasteiger partial charge is 0.506 e. The lowest BCUT2D eigenvalue weighted by atomic mass is 9.91. The molecular formula is C42H40N2O4S2. The van der Waals surface area contributed by atoms with E-state index < -0.39 is 31.1 Å². The van der Waals surface area contributed by atoms with E-state index in [1.54, 1.807) is 48.8 Å². The highest BCUT2D eigenvalue weighted by atomic mass is 32.2. The first-order chi connectivity index (χ1) is 23.8. The Morgan fingerprint density at radius 1 is 0.500 bits per heavy atom. The third kappa shape index (κ3) is 6.91. The summed E-state index contributed by atoms with van der Waals surface area (Å²) in [6.45, 7) is 11.2. The van der Waals surface area contributed by atoms with Crippen molar-refractivity contribution in [2.24, 2.45) is 9.98 Å². The summed E-state index contributed by atoms with van der Waals surface area (Å²) in [7, 11) is -2.87. The van der Waals surface area contributed by atoms with Crippen LogP contribution in [0.2, 0.25) is 0 Å². The number of aliphatic imine (C=N–C) groups is 2. The zero-order valence-electron chi connectivity index (χ0n) is 29.0. The van der Waals surface area contributed by atoms with E-state index in [4.69, 9.17) is 9.98 Å². The van der Waals surface area contributed by atoms with Gasteiger partial charge in [-0.15, -0.1) is 0 Å². The summed E-state index contributed by atoms with van der Waals surface area (Å²) < 4.78 is 25.3. The van der Waals surface area contributed by atoms with Crippen molar-refractivity contribution in [3.8, 4) is 22.6 Å². The van der Waals surface area contributed by atoms with E-state index in [1.165, 1.54) is 0 Å². The van der Waals surface area contributed by atoms with Crippen LogP contribution in [-0.4, -0.2) is 40.6 Å². The van der Waals surface area contributed by atoms with Gasteiger partial charge < -0.3 is 10.2 Å². The Hall–Kier alpha value is -4.92. The third-order valence-electron chi connectivity index (χ3n) is 8.32. The Morgan fingerprint density at radius 3 is 1.26 bits per heavy atom. The number of hydrogen-bond acceptors (Lipinski definition) is 6. The number of hydrogen-bond donors (Lipinski definition) is 2. The SMILES string of the molecule is CC(C)(C)[S@@](=O)c1cccc(C=Nc2ccc3ccccc3c2-c2c(N=Cc3cccc([S@](=O)C(C)(C)C)c3O)ccc3ccccc23)c1O. The van der Waals surface area contributed by atoms with Gasteiger partial charge in [-0.25, -0.2) is 0 Å². The zero-order valence-corrected chi connectivity index (χ0v) is 30.6. The molecule has 0 aliphatic rings. The summed E-state index contributed by atoms with van der Waals surface area (Å²) in [6.07, 6.45) is 3.22. The van der Waals surface area contributed by atoms with Gasteiger partial charge in [-0.2, -0.15) is 0 Å². The highest BCUT2D eigenvalue weighted by Crippen LogP contribution is 2.46. The molecule has 0 unspecified atom stereocenters. The number of aromatic hydroxyl groups is 2. The van der Waals surface area contributed by atoms with Gasteiger partial charge in [0.15, 0.2) is 0 Å². The number of phenolic OH excluding ortho intramolecular Hbond substituents is 2. The lowest BCUT2D eigenvalue weighted by molar-refractivity contribution is 0.459. The van der Waals surface area contributed by atoms with Crippen LogP contribution < -0.4 is 0 Å². The zero-order chi connectivity index (χ0) is 35.8. The molecule has 0 aliphatic heterocycles. The van der Waals surface area contributed by atoms with Crippen LogP contribution in [0.5, 0.6) is 11.5 Å². The van der Waals surface area contributed by atoms with Crippen LogP contribution in [0.15, 0.2) is 129 Å². The molecule has 50 heavy (non-hydrogen) atoms. The molecule has 6 aromatic rings. The lowest BCUT2D eigenvalue weighted by Crippen LogP contribution is -2.21. The third-order valence-corrected chi connectivity index (χ3v) is 12.0. The maximum absolute atomic E-state index is 13.2. The average molecular weight is 701 g/mol. The monoisotopic (exact) mass is 700 g/mol. The summed E-state index contributed by atoms with van der Waals surface area (Å²) in [5.74, 6) is -0.117. The minimum Gasteiger partial charge on any atom is -0.506 e. The second kappa shape index (κ2) is 13.8. The molecule has 0 heterocycles. The van der Waals surface area contributed by atoms with Gasteiger partial charge in [-0.05, 0) is 99.5 Å². The maximum atomic E-state index is 13.2. The minimum atomic E-state index is -1.43. The molecule has 8 heteroatoms. The van der Waals surface area contributed by atoms with Gasteiger partial charge in [0.05, 0.1) is 42.8 Å². The van der Waals surface area contributed by atoms with E-state index >= 15 is 0 Å². The van der Waals surface area contributed by atoms with Crippen LogP contribution >= 0.6 is 0 Å².